The van der Waals surface area contributed by atoms with Crippen LogP contribution in [0.2, 0.25) is 0 Å². The standard InChI is InChI=1S/C14H13NO2/c16-14(17)13-5-4-12(13)11-3-1-2-9-8-15-7-6-10(9)11/h1-3,6-8,12-13H,4-5H2,(H,16,17). The maximum absolute atomic E-state index is 11.1. The Hall–Kier alpha value is -1.90. The fourth-order valence-electron chi connectivity index (χ4n) is 2.64. The first-order valence-electron chi connectivity index (χ1n) is 5.83. The van der Waals surface area contributed by atoms with E-state index in [2.05, 4.69) is 4.98 Å². The minimum absolute atomic E-state index is 0.165. The molecule has 1 N–H and O–H groups in total. The third-order valence-electron chi connectivity index (χ3n) is 3.71. The number of nitrogens with zero attached hydrogens (tertiary/aromatic N) is 1. The number of fused-ring (bicyclic) bond motifs is 1. The molecule has 0 aliphatic heterocycles. The zero-order valence-corrected chi connectivity index (χ0v) is 9.34. The zero-order valence-electron chi connectivity index (χ0n) is 9.34. The van der Waals surface area contributed by atoms with Crippen LogP contribution in [0.5, 0.6) is 0 Å². The largest absolute Gasteiger partial charge is 0.481 e. The minimum Gasteiger partial charge on any atom is -0.481 e. The fraction of sp³-hybridized carbons (Fsp3) is 0.286. The summed E-state index contributed by atoms with van der Waals surface area (Å²) in [5, 5.41) is 11.3. The van der Waals surface area contributed by atoms with Crippen LogP contribution in [0.1, 0.15) is 24.3 Å². The lowest BCUT2D eigenvalue weighted by atomic mass is 9.69. The number of carboxylic acid groups (broad SMARTS) is 1. The molecule has 1 aliphatic carbocycles. The molecule has 1 aromatic heterocycles. The van der Waals surface area contributed by atoms with Gasteiger partial charge in [-0.05, 0) is 35.8 Å². The first kappa shape index (κ1) is 10.3. The predicted octanol–water partition coefficient (Wildman–Crippen LogP) is 2.81. The summed E-state index contributed by atoms with van der Waals surface area (Å²) in [5.74, 6) is -0.723. The van der Waals surface area contributed by atoms with E-state index in [0.717, 1.165) is 29.2 Å². The van der Waals surface area contributed by atoms with Crippen molar-refractivity contribution in [3.8, 4) is 0 Å². The zero-order chi connectivity index (χ0) is 11.8. The second-order valence-electron chi connectivity index (χ2n) is 4.57. The molecule has 0 amide bonds. The minimum atomic E-state index is -0.674. The van der Waals surface area contributed by atoms with Gasteiger partial charge in [-0.2, -0.15) is 0 Å². The van der Waals surface area contributed by atoms with Crippen molar-refractivity contribution in [3.63, 3.8) is 0 Å². The monoisotopic (exact) mass is 227 g/mol. The van der Waals surface area contributed by atoms with Gasteiger partial charge in [0.15, 0.2) is 0 Å². The third kappa shape index (κ3) is 1.58. The second-order valence-corrected chi connectivity index (χ2v) is 4.57. The number of carbonyl (C=O) groups is 1. The maximum Gasteiger partial charge on any atom is 0.307 e. The lowest BCUT2D eigenvalue weighted by Crippen LogP contribution is -2.31. The van der Waals surface area contributed by atoms with Crippen LogP contribution < -0.4 is 0 Å². The Bertz CT molecular complexity index is 574. The first-order valence-corrected chi connectivity index (χ1v) is 5.83. The van der Waals surface area contributed by atoms with Crippen molar-refractivity contribution >= 4 is 16.7 Å². The molecule has 0 bridgehead atoms. The van der Waals surface area contributed by atoms with E-state index in [9.17, 15) is 4.79 Å². The molecule has 3 nitrogen and oxygen atoms in total. The number of aliphatic carboxylic acids is 1. The Morgan fingerprint density at radius 1 is 1.29 bits per heavy atom. The van der Waals surface area contributed by atoms with Crippen molar-refractivity contribution in [2.24, 2.45) is 5.92 Å². The van der Waals surface area contributed by atoms with Crippen LogP contribution in [0.3, 0.4) is 0 Å². The summed E-state index contributed by atoms with van der Waals surface area (Å²) in [6.45, 7) is 0. The van der Waals surface area contributed by atoms with Crippen molar-refractivity contribution in [1.82, 2.24) is 4.98 Å². The number of rotatable bonds is 2. The third-order valence-corrected chi connectivity index (χ3v) is 3.71. The van der Waals surface area contributed by atoms with Gasteiger partial charge in [-0.25, -0.2) is 0 Å². The van der Waals surface area contributed by atoms with Gasteiger partial charge in [0.2, 0.25) is 0 Å². The highest BCUT2D eigenvalue weighted by Gasteiger charge is 2.38. The highest BCUT2D eigenvalue weighted by molar-refractivity contribution is 5.86. The number of carboxylic acids is 1. The molecule has 0 radical (unpaired) electrons. The SMILES string of the molecule is O=C(O)C1CCC1c1cccc2cnccc12. The summed E-state index contributed by atoms with van der Waals surface area (Å²) in [5.41, 5.74) is 1.16. The van der Waals surface area contributed by atoms with Gasteiger partial charge in [0.1, 0.15) is 0 Å². The molecule has 1 heterocycles. The fourth-order valence-corrected chi connectivity index (χ4v) is 2.64. The Morgan fingerprint density at radius 2 is 2.18 bits per heavy atom. The van der Waals surface area contributed by atoms with Crippen molar-refractivity contribution < 1.29 is 9.90 Å². The summed E-state index contributed by atoms with van der Waals surface area (Å²) in [6.07, 6.45) is 5.35. The van der Waals surface area contributed by atoms with Crippen LogP contribution in [0.15, 0.2) is 36.7 Å². The first-order chi connectivity index (χ1) is 8.27. The molecule has 1 aliphatic rings. The highest BCUT2D eigenvalue weighted by atomic mass is 16.4. The molecule has 1 saturated carbocycles. The number of aromatic nitrogens is 1. The molecular formula is C14H13NO2. The Kier molecular flexibility index (Phi) is 2.32. The van der Waals surface area contributed by atoms with Gasteiger partial charge in [0.25, 0.3) is 0 Å². The number of benzene rings is 1. The van der Waals surface area contributed by atoms with Gasteiger partial charge in [-0.1, -0.05) is 18.2 Å². The number of hydrogen-bond acceptors (Lipinski definition) is 2. The molecule has 0 saturated heterocycles. The lowest BCUT2D eigenvalue weighted by Gasteiger charge is -2.34. The van der Waals surface area contributed by atoms with E-state index in [4.69, 9.17) is 5.11 Å². The molecule has 0 spiro atoms. The van der Waals surface area contributed by atoms with E-state index in [-0.39, 0.29) is 11.8 Å². The van der Waals surface area contributed by atoms with E-state index in [1.807, 2.05) is 30.5 Å². The Labute approximate surface area is 99.1 Å². The van der Waals surface area contributed by atoms with Crippen molar-refractivity contribution in [3.05, 3.63) is 42.2 Å². The van der Waals surface area contributed by atoms with Crippen molar-refractivity contribution in [2.45, 2.75) is 18.8 Å². The molecule has 1 aromatic carbocycles. The lowest BCUT2D eigenvalue weighted by molar-refractivity contribution is -0.145. The van der Waals surface area contributed by atoms with E-state index in [0.29, 0.717) is 0 Å². The summed E-state index contributed by atoms with van der Waals surface area (Å²) in [7, 11) is 0. The molecule has 86 valence electrons. The van der Waals surface area contributed by atoms with Gasteiger partial charge in [-0.15, -0.1) is 0 Å². The summed E-state index contributed by atoms with van der Waals surface area (Å²) < 4.78 is 0. The van der Waals surface area contributed by atoms with Gasteiger partial charge < -0.3 is 5.11 Å². The predicted molar refractivity (Wildman–Crippen MR) is 64.8 cm³/mol. The van der Waals surface area contributed by atoms with Gasteiger partial charge in [-0.3, -0.25) is 9.78 Å². The van der Waals surface area contributed by atoms with E-state index >= 15 is 0 Å². The molecule has 2 unspecified atom stereocenters. The van der Waals surface area contributed by atoms with Crippen molar-refractivity contribution in [1.29, 1.82) is 0 Å². The normalized spacial score (nSPS) is 23.3. The average Bonchev–Trinajstić information content (AvgIpc) is 2.27. The van der Waals surface area contributed by atoms with E-state index in [1.54, 1.807) is 6.20 Å². The van der Waals surface area contributed by atoms with Crippen LogP contribution in [-0.2, 0) is 4.79 Å². The van der Waals surface area contributed by atoms with Gasteiger partial charge in [0.05, 0.1) is 5.92 Å². The summed E-state index contributed by atoms with van der Waals surface area (Å²) >= 11 is 0. The molecule has 3 heteroatoms. The number of pyridine rings is 1. The molecule has 2 atom stereocenters. The molecular weight excluding hydrogens is 214 g/mol. The summed E-state index contributed by atoms with van der Waals surface area (Å²) in [4.78, 5) is 15.2. The van der Waals surface area contributed by atoms with Crippen LogP contribution in [-0.4, -0.2) is 16.1 Å². The quantitative estimate of drug-likeness (QED) is 0.858. The number of hydrogen-bond donors (Lipinski definition) is 1. The second kappa shape index (κ2) is 3.84. The Balaban J connectivity index is 2.09. The van der Waals surface area contributed by atoms with Crippen LogP contribution in [0.4, 0.5) is 0 Å². The van der Waals surface area contributed by atoms with Crippen LogP contribution in [0.25, 0.3) is 10.8 Å². The Morgan fingerprint density at radius 3 is 2.88 bits per heavy atom. The van der Waals surface area contributed by atoms with Crippen LogP contribution >= 0.6 is 0 Å². The van der Waals surface area contributed by atoms with Crippen LogP contribution in [0, 0.1) is 5.92 Å². The maximum atomic E-state index is 11.1. The molecule has 1 fully saturated rings. The van der Waals surface area contributed by atoms with Gasteiger partial charge >= 0.3 is 5.97 Å². The summed E-state index contributed by atoms with van der Waals surface area (Å²) in [6, 6.07) is 8.01. The van der Waals surface area contributed by atoms with Gasteiger partial charge in [0, 0.05) is 17.8 Å². The van der Waals surface area contributed by atoms with Crippen molar-refractivity contribution in [2.75, 3.05) is 0 Å². The molecule has 17 heavy (non-hydrogen) atoms. The van der Waals surface area contributed by atoms with E-state index in [1.165, 1.54) is 0 Å². The highest BCUT2D eigenvalue weighted by Crippen LogP contribution is 2.44. The molecule has 2 aromatic rings. The average molecular weight is 227 g/mol. The molecule has 3 rings (SSSR count). The smallest absolute Gasteiger partial charge is 0.307 e. The van der Waals surface area contributed by atoms with E-state index < -0.39 is 5.97 Å². The topological polar surface area (TPSA) is 50.2 Å².